The number of pyridine rings is 1. The first-order chi connectivity index (χ1) is 9.48. The molecule has 7 nitrogen and oxygen atoms in total. The highest BCUT2D eigenvalue weighted by molar-refractivity contribution is 7.92. The molecule has 2 heterocycles. The Morgan fingerprint density at radius 2 is 2.10 bits per heavy atom. The number of nitrogens with zero attached hydrogens (tertiary/aromatic N) is 2. The highest BCUT2D eigenvalue weighted by Crippen LogP contribution is 2.16. The Morgan fingerprint density at radius 3 is 2.65 bits per heavy atom. The summed E-state index contributed by atoms with van der Waals surface area (Å²) >= 11 is 0. The Kier molecular flexibility index (Phi) is 4.23. The van der Waals surface area contributed by atoms with Crippen LogP contribution in [0.5, 0.6) is 0 Å². The van der Waals surface area contributed by atoms with Gasteiger partial charge < -0.3 is 9.84 Å². The van der Waals surface area contributed by atoms with Gasteiger partial charge in [0, 0.05) is 6.07 Å². The van der Waals surface area contributed by atoms with Crippen molar-refractivity contribution >= 4 is 27.3 Å². The summed E-state index contributed by atoms with van der Waals surface area (Å²) in [6.45, 7) is 3.60. The van der Waals surface area contributed by atoms with E-state index in [4.69, 9.17) is 4.52 Å². The van der Waals surface area contributed by atoms with Gasteiger partial charge in [0.25, 0.3) is 0 Å². The van der Waals surface area contributed by atoms with Gasteiger partial charge in [0.1, 0.15) is 11.6 Å². The van der Waals surface area contributed by atoms with Gasteiger partial charge in [-0.05, 0) is 25.5 Å². The van der Waals surface area contributed by atoms with Crippen molar-refractivity contribution in [1.82, 2.24) is 10.1 Å². The molecule has 0 fully saturated rings. The summed E-state index contributed by atoms with van der Waals surface area (Å²) in [6.07, 6.45) is 2.01. The number of hydrogen-bond acceptors (Lipinski definition) is 6. The van der Waals surface area contributed by atoms with E-state index in [9.17, 15) is 8.42 Å². The molecule has 0 aliphatic rings. The van der Waals surface area contributed by atoms with Crippen LogP contribution in [0.15, 0.2) is 28.9 Å². The Bertz CT molecular complexity index is 664. The lowest BCUT2D eigenvalue weighted by Crippen LogP contribution is -2.16. The van der Waals surface area contributed by atoms with Crippen LogP contribution >= 0.6 is 0 Å². The molecule has 0 saturated heterocycles. The Labute approximate surface area is 117 Å². The van der Waals surface area contributed by atoms with Crippen molar-refractivity contribution in [3.8, 4) is 0 Å². The van der Waals surface area contributed by atoms with Crippen LogP contribution in [0.25, 0.3) is 0 Å². The van der Waals surface area contributed by atoms with Crippen LogP contribution < -0.4 is 10.0 Å². The fourth-order valence-corrected chi connectivity index (χ4v) is 2.70. The molecule has 0 atom stereocenters. The largest absolute Gasteiger partial charge is 0.360 e. The van der Waals surface area contributed by atoms with Crippen LogP contribution in [0.3, 0.4) is 0 Å². The molecule has 0 amide bonds. The smallest absolute Gasteiger partial charge is 0.232 e. The molecule has 0 aromatic carbocycles. The maximum Gasteiger partial charge on any atom is 0.232 e. The molecule has 0 aliphatic carbocycles. The summed E-state index contributed by atoms with van der Waals surface area (Å²) in [6, 6.07) is 5.03. The lowest BCUT2D eigenvalue weighted by atomic mass is 10.4. The summed E-state index contributed by atoms with van der Waals surface area (Å²) in [5.74, 6) is 1.88. The third-order valence-electron chi connectivity index (χ3n) is 2.39. The second kappa shape index (κ2) is 5.91. The summed E-state index contributed by atoms with van der Waals surface area (Å²) in [4.78, 5) is 4.11. The van der Waals surface area contributed by atoms with Crippen molar-refractivity contribution in [2.45, 2.75) is 20.3 Å². The Morgan fingerprint density at radius 1 is 1.30 bits per heavy atom. The van der Waals surface area contributed by atoms with Gasteiger partial charge in [-0.25, -0.2) is 13.4 Å². The molecule has 0 bridgehead atoms. The first-order valence-electron chi connectivity index (χ1n) is 6.15. The molecular formula is C12H16N4O3S. The number of aryl methyl sites for hydroxylation is 1. The second-order valence-corrected chi connectivity index (χ2v) is 6.14. The fraction of sp³-hybridized carbons (Fsp3) is 0.333. The first-order valence-corrected chi connectivity index (χ1v) is 7.80. The predicted molar refractivity (Wildman–Crippen MR) is 76.5 cm³/mol. The van der Waals surface area contributed by atoms with Crippen LogP contribution in [0, 0.1) is 6.92 Å². The lowest BCUT2D eigenvalue weighted by Gasteiger charge is -2.07. The molecule has 0 radical (unpaired) electrons. The second-order valence-electron chi connectivity index (χ2n) is 4.30. The number of anilines is 3. The number of rotatable bonds is 6. The Hall–Kier alpha value is -2.09. The van der Waals surface area contributed by atoms with E-state index in [1.807, 2.05) is 6.92 Å². The van der Waals surface area contributed by atoms with E-state index in [1.54, 1.807) is 25.1 Å². The number of nitrogens with one attached hydrogen (secondary N) is 2. The van der Waals surface area contributed by atoms with Gasteiger partial charge in [0.2, 0.25) is 10.0 Å². The van der Waals surface area contributed by atoms with Crippen molar-refractivity contribution in [1.29, 1.82) is 0 Å². The lowest BCUT2D eigenvalue weighted by molar-refractivity contribution is 0.400. The van der Waals surface area contributed by atoms with E-state index < -0.39 is 10.0 Å². The van der Waals surface area contributed by atoms with Gasteiger partial charge in [0.15, 0.2) is 5.82 Å². The zero-order valence-corrected chi connectivity index (χ0v) is 12.1. The predicted octanol–water partition coefficient (Wildman–Crippen LogP) is 2.27. The molecule has 108 valence electrons. The third-order valence-corrected chi connectivity index (χ3v) is 3.89. The van der Waals surface area contributed by atoms with E-state index in [1.165, 1.54) is 6.20 Å². The zero-order valence-electron chi connectivity index (χ0n) is 11.3. The van der Waals surface area contributed by atoms with E-state index in [0.717, 1.165) is 0 Å². The maximum atomic E-state index is 11.6. The number of aromatic nitrogens is 2. The van der Waals surface area contributed by atoms with Gasteiger partial charge >= 0.3 is 0 Å². The summed E-state index contributed by atoms with van der Waals surface area (Å²) in [5.41, 5.74) is 0.431. The molecule has 2 aromatic rings. The van der Waals surface area contributed by atoms with E-state index in [2.05, 4.69) is 20.2 Å². The third kappa shape index (κ3) is 3.95. The molecule has 0 saturated carbocycles. The molecule has 2 rings (SSSR count). The molecule has 0 unspecified atom stereocenters. The topological polar surface area (TPSA) is 97.1 Å². The van der Waals surface area contributed by atoms with Gasteiger partial charge in [-0.15, -0.1) is 0 Å². The monoisotopic (exact) mass is 296 g/mol. The van der Waals surface area contributed by atoms with Crippen molar-refractivity contribution in [3.05, 3.63) is 30.2 Å². The normalized spacial score (nSPS) is 11.3. The Balaban J connectivity index is 2.03. The highest BCUT2D eigenvalue weighted by atomic mass is 32.2. The van der Waals surface area contributed by atoms with Crippen LogP contribution in [0.2, 0.25) is 0 Å². The number of hydrogen-bond donors (Lipinski definition) is 2. The van der Waals surface area contributed by atoms with E-state index >= 15 is 0 Å². The van der Waals surface area contributed by atoms with Crippen molar-refractivity contribution in [3.63, 3.8) is 0 Å². The molecule has 8 heteroatoms. The van der Waals surface area contributed by atoms with Crippen LogP contribution in [-0.4, -0.2) is 24.3 Å². The van der Waals surface area contributed by atoms with Crippen molar-refractivity contribution in [2.75, 3.05) is 15.8 Å². The van der Waals surface area contributed by atoms with E-state index in [0.29, 0.717) is 29.5 Å². The van der Waals surface area contributed by atoms with Crippen LogP contribution in [-0.2, 0) is 10.0 Å². The molecule has 2 aromatic heterocycles. The van der Waals surface area contributed by atoms with Crippen LogP contribution in [0.1, 0.15) is 19.1 Å². The van der Waals surface area contributed by atoms with Gasteiger partial charge in [-0.1, -0.05) is 12.1 Å². The van der Waals surface area contributed by atoms with Gasteiger partial charge in [-0.2, -0.15) is 0 Å². The zero-order chi connectivity index (χ0) is 14.6. The summed E-state index contributed by atoms with van der Waals surface area (Å²) < 4.78 is 30.6. The minimum atomic E-state index is -3.29. The average Bonchev–Trinajstić information content (AvgIpc) is 2.77. The quantitative estimate of drug-likeness (QED) is 0.848. The van der Waals surface area contributed by atoms with Crippen LogP contribution in [0.4, 0.5) is 17.3 Å². The summed E-state index contributed by atoms with van der Waals surface area (Å²) in [5, 5.41) is 6.73. The maximum absolute atomic E-state index is 11.6. The minimum Gasteiger partial charge on any atom is -0.360 e. The average molecular weight is 296 g/mol. The minimum absolute atomic E-state index is 0.0885. The number of sulfonamides is 1. The molecule has 0 aliphatic heterocycles. The molecular weight excluding hydrogens is 280 g/mol. The molecule has 0 spiro atoms. The summed E-state index contributed by atoms with van der Waals surface area (Å²) in [7, 11) is -3.29. The standard InChI is InChI=1S/C12H16N4O3S/c1-3-6-20(17,18)16-10-4-5-11(13-8-10)14-12-7-9(2)19-15-12/h4-5,7-8,16H,3,6H2,1-2H3,(H,13,14,15). The van der Waals surface area contributed by atoms with Crippen molar-refractivity contribution < 1.29 is 12.9 Å². The SMILES string of the molecule is CCCS(=O)(=O)Nc1ccc(Nc2cc(C)on2)nc1. The first kappa shape index (κ1) is 14.3. The van der Waals surface area contributed by atoms with E-state index in [-0.39, 0.29) is 5.75 Å². The van der Waals surface area contributed by atoms with Crippen molar-refractivity contribution in [2.24, 2.45) is 0 Å². The highest BCUT2D eigenvalue weighted by Gasteiger charge is 2.09. The molecule has 2 N–H and O–H groups in total. The van der Waals surface area contributed by atoms with Gasteiger partial charge in [0.05, 0.1) is 17.6 Å². The molecule has 20 heavy (non-hydrogen) atoms. The fourth-order valence-electron chi connectivity index (χ4n) is 1.58. The van der Waals surface area contributed by atoms with Gasteiger partial charge in [-0.3, -0.25) is 4.72 Å².